The van der Waals surface area contributed by atoms with Gasteiger partial charge in [-0.2, -0.15) is 0 Å². The average Bonchev–Trinajstić information content (AvgIpc) is 2.84. The van der Waals surface area contributed by atoms with Crippen LogP contribution in [0.3, 0.4) is 0 Å². The predicted molar refractivity (Wildman–Crippen MR) is 73.8 cm³/mol. The fourth-order valence-corrected chi connectivity index (χ4v) is 1.61. The Kier molecular flexibility index (Phi) is 4.01. The molecule has 0 unspecified atom stereocenters. The summed E-state index contributed by atoms with van der Waals surface area (Å²) in [7, 11) is 0. The van der Waals surface area contributed by atoms with E-state index >= 15 is 0 Å². The number of amides is 1. The first-order chi connectivity index (χ1) is 9.20. The van der Waals surface area contributed by atoms with Crippen LogP contribution in [0.2, 0.25) is 0 Å². The highest BCUT2D eigenvalue weighted by Crippen LogP contribution is 2.13. The minimum Gasteiger partial charge on any atom is -0.469 e. The van der Waals surface area contributed by atoms with Crippen LogP contribution in [0.25, 0.3) is 0 Å². The Morgan fingerprint density at radius 2 is 2.05 bits per heavy atom. The molecule has 1 aromatic heterocycles. The minimum absolute atomic E-state index is 0.188. The maximum atomic E-state index is 11.9. The molecule has 0 bridgehead atoms. The summed E-state index contributed by atoms with van der Waals surface area (Å²) in [5.41, 5.74) is 7.41. The van der Waals surface area contributed by atoms with E-state index in [1.807, 2.05) is 12.1 Å². The minimum atomic E-state index is -0.188. The lowest BCUT2D eigenvalue weighted by molar-refractivity contribution is 0.102. The quantitative estimate of drug-likeness (QED) is 0.807. The molecule has 0 aliphatic rings. The number of nitrogens with two attached hydrogens (primary N) is 1. The van der Waals surface area contributed by atoms with Gasteiger partial charge in [-0.25, -0.2) is 0 Å². The molecule has 0 radical (unpaired) electrons. The lowest BCUT2D eigenvalue weighted by Crippen LogP contribution is -2.11. The standard InChI is InChI=1S/C15H14N2O2/c1-11-14(8-10-19-11)15(18)17-13-6-4-12(5-7-13)3-2-9-16/h4-8,10H,9,16H2,1H3,(H,17,18). The van der Waals surface area contributed by atoms with Crippen molar-refractivity contribution in [2.24, 2.45) is 5.73 Å². The number of nitrogens with one attached hydrogen (secondary N) is 1. The van der Waals surface area contributed by atoms with Crippen molar-refractivity contribution in [2.45, 2.75) is 6.92 Å². The van der Waals surface area contributed by atoms with E-state index in [2.05, 4.69) is 17.2 Å². The summed E-state index contributed by atoms with van der Waals surface area (Å²) in [6.45, 7) is 2.08. The highest BCUT2D eigenvalue weighted by molar-refractivity contribution is 6.04. The Hall–Kier alpha value is -2.51. The molecule has 0 aliphatic carbocycles. The molecule has 1 amide bonds. The lowest BCUT2D eigenvalue weighted by Gasteiger charge is -2.04. The summed E-state index contributed by atoms with van der Waals surface area (Å²) in [5, 5.41) is 2.80. The van der Waals surface area contributed by atoms with E-state index in [-0.39, 0.29) is 5.91 Å². The third kappa shape index (κ3) is 3.24. The highest BCUT2D eigenvalue weighted by Gasteiger charge is 2.11. The first kappa shape index (κ1) is 12.9. The average molecular weight is 254 g/mol. The van der Waals surface area contributed by atoms with Crippen LogP contribution in [0.1, 0.15) is 21.7 Å². The van der Waals surface area contributed by atoms with Crippen LogP contribution >= 0.6 is 0 Å². The Bertz CT molecular complexity index is 630. The van der Waals surface area contributed by atoms with Crippen molar-refractivity contribution < 1.29 is 9.21 Å². The SMILES string of the molecule is Cc1occc1C(=O)Nc1ccc(C#CCN)cc1. The van der Waals surface area contributed by atoms with Gasteiger partial charge in [0.05, 0.1) is 18.4 Å². The number of aryl methyl sites for hydroxylation is 1. The second-order valence-electron chi connectivity index (χ2n) is 3.93. The monoisotopic (exact) mass is 254 g/mol. The van der Waals surface area contributed by atoms with Gasteiger partial charge in [0, 0.05) is 11.3 Å². The van der Waals surface area contributed by atoms with Crippen LogP contribution in [0.4, 0.5) is 5.69 Å². The normalized spacial score (nSPS) is 9.58. The van der Waals surface area contributed by atoms with E-state index in [1.54, 1.807) is 25.1 Å². The molecule has 3 N–H and O–H groups in total. The maximum Gasteiger partial charge on any atom is 0.259 e. The Balaban J connectivity index is 2.08. The first-order valence-corrected chi connectivity index (χ1v) is 5.85. The van der Waals surface area contributed by atoms with Crippen molar-refractivity contribution >= 4 is 11.6 Å². The molecule has 0 fully saturated rings. The van der Waals surface area contributed by atoms with E-state index < -0.39 is 0 Å². The van der Waals surface area contributed by atoms with Crippen molar-refractivity contribution in [3.8, 4) is 11.8 Å². The largest absolute Gasteiger partial charge is 0.469 e. The molecule has 19 heavy (non-hydrogen) atoms. The van der Waals surface area contributed by atoms with Gasteiger partial charge >= 0.3 is 0 Å². The molecule has 96 valence electrons. The van der Waals surface area contributed by atoms with Crippen molar-refractivity contribution in [3.63, 3.8) is 0 Å². The third-order valence-corrected chi connectivity index (χ3v) is 2.58. The molecule has 1 aromatic carbocycles. The Morgan fingerprint density at radius 1 is 1.32 bits per heavy atom. The van der Waals surface area contributed by atoms with Gasteiger partial charge in [0.25, 0.3) is 5.91 Å². The number of benzene rings is 1. The molecular weight excluding hydrogens is 240 g/mol. The predicted octanol–water partition coefficient (Wildman–Crippen LogP) is 2.15. The molecule has 4 nitrogen and oxygen atoms in total. The van der Waals surface area contributed by atoms with Gasteiger partial charge in [-0.05, 0) is 37.3 Å². The summed E-state index contributed by atoms with van der Waals surface area (Å²) in [4.78, 5) is 11.9. The summed E-state index contributed by atoms with van der Waals surface area (Å²) in [5.74, 6) is 6.10. The molecule has 0 atom stereocenters. The van der Waals surface area contributed by atoms with Crippen LogP contribution in [0.15, 0.2) is 41.0 Å². The van der Waals surface area contributed by atoms with Gasteiger partial charge in [0.2, 0.25) is 0 Å². The molecule has 2 rings (SSSR count). The van der Waals surface area contributed by atoms with Crippen molar-refractivity contribution in [1.29, 1.82) is 0 Å². The number of carbonyl (C=O) groups is 1. The second-order valence-corrected chi connectivity index (χ2v) is 3.93. The Labute approximate surface area is 111 Å². The number of furan rings is 1. The van der Waals surface area contributed by atoms with Crippen LogP contribution in [-0.2, 0) is 0 Å². The lowest BCUT2D eigenvalue weighted by atomic mass is 10.2. The summed E-state index contributed by atoms with van der Waals surface area (Å²) >= 11 is 0. The summed E-state index contributed by atoms with van der Waals surface area (Å²) in [6.07, 6.45) is 1.50. The van der Waals surface area contributed by atoms with E-state index in [0.29, 0.717) is 23.6 Å². The molecule has 0 saturated heterocycles. The fourth-order valence-electron chi connectivity index (χ4n) is 1.61. The van der Waals surface area contributed by atoms with E-state index in [9.17, 15) is 4.79 Å². The summed E-state index contributed by atoms with van der Waals surface area (Å²) < 4.78 is 5.10. The van der Waals surface area contributed by atoms with Gasteiger partial charge in [-0.3, -0.25) is 4.79 Å². The van der Waals surface area contributed by atoms with Gasteiger partial charge < -0.3 is 15.5 Å². The maximum absolute atomic E-state index is 11.9. The number of hydrogen-bond acceptors (Lipinski definition) is 3. The van der Waals surface area contributed by atoms with Gasteiger partial charge in [-0.1, -0.05) is 11.8 Å². The molecule has 2 aromatic rings. The van der Waals surface area contributed by atoms with Crippen molar-refractivity contribution in [3.05, 3.63) is 53.5 Å². The number of hydrogen-bond donors (Lipinski definition) is 2. The number of rotatable bonds is 2. The molecule has 0 aliphatic heterocycles. The number of anilines is 1. The zero-order valence-corrected chi connectivity index (χ0v) is 10.6. The topological polar surface area (TPSA) is 68.3 Å². The molecule has 0 saturated carbocycles. The van der Waals surface area contributed by atoms with Crippen LogP contribution in [-0.4, -0.2) is 12.5 Å². The smallest absolute Gasteiger partial charge is 0.259 e. The third-order valence-electron chi connectivity index (χ3n) is 2.58. The van der Waals surface area contributed by atoms with E-state index in [4.69, 9.17) is 10.2 Å². The van der Waals surface area contributed by atoms with Crippen molar-refractivity contribution in [1.82, 2.24) is 0 Å². The van der Waals surface area contributed by atoms with Gasteiger partial charge in [-0.15, -0.1) is 0 Å². The summed E-state index contributed by atoms with van der Waals surface area (Å²) in [6, 6.07) is 8.91. The van der Waals surface area contributed by atoms with E-state index in [0.717, 1.165) is 5.56 Å². The molecular formula is C15H14N2O2. The first-order valence-electron chi connectivity index (χ1n) is 5.85. The van der Waals surface area contributed by atoms with Crippen molar-refractivity contribution in [2.75, 3.05) is 11.9 Å². The van der Waals surface area contributed by atoms with Crippen LogP contribution in [0, 0.1) is 18.8 Å². The fraction of sp³-hybridized carbons (Fsp3) is 0.133. The van der Waals surface area contributed by atoms with Gasteiger partial charge in [0.15, 0.2) is 0 Å². The zero-order valence-electron chi connectivity index (χ0n) is 10.6. The van der Waals surface area contributed by atoms with Gasteiger partial charge in [0.1, 0.15) is 5.76 Å². The van der Waals surface area contributed by atoms with Crippen LogP contribution < -0.4 is 11.1 Å². The highest BCUT2D eigenvalue weighted by atomic mass is 16.3. The molecule has 4 heteroatoms. The number of carbonyl (C=O) groups excluding carboxylic acids is 1. The van der Waals surface area contributed by atoms with E-state index in [1.165, 1.54) is 6.26 Å². The molecule has 0 spiro atoms. The second kappa shape index (κ2) is 5.89. The zero-order chi connectivity index (χ0) is 13.7. The molecule has 1 heterocycles. The van der Waals surface area contributed by atoms with Crippen LogP contribution in [0.5, 0.6) is 0 Å². The Morgan fingerprint density at radius 3 is 2.63 bits per heavy atom.